The molecule has 2 nitrogen and oxygen atoms in total. The molecule has 0 amide bonds. The van der Waals surface area contributed by atoms with Gasteiger partial charge in [0.1, 0.15) is 11.6 Å². The van der Waals surface area contributed by atoms with E-state index in [1.54, 1.807) is 25.1 Å². The van der Waals surface area contributed by atoms with Gasteiger partial charge < -0.3 is 9.84 Å². The molecule has 0 saturated carbocycles. The summed E-state index contributed by atoms with van der Waals surface area (Å²) < 4.78 is 32.5. The summed E-state index contributed by atoms with van der Waals surface area (Å²) in [6.07, 6.45) is -0.874. The molecule has 0 fully saturated rings. The van der Waals surface area contributed by atoms with Crippen molar-refractivity contribution < 1.29 is 18.6 Å². The lowest BCUT2D eigenvalue weighted by molar-refractivity contribution is 0.194. The van der Waals surface area contributed by atoms with Crippen LogP contribution in [0.25, 0.3) is 0 Å². The van der Waals surface area contributed by atoms with Crippen LogP contribution in [0.2, 0.25) is 0 Å². The van der Waals surface area contributed by atoms with Crippen LogP contribution in [0.5, 0.6) is 11.5 Å². The maximum Gasteiger partial charge on any atom is 0.168 e. The predicted molar refractivity (Wildman–Crippen MR) is 68.2 cm³/mol. The Morgan fingerprint density at radius 1 is 1.11 bits per heavy atom. The summed E-state index contributed by atoms with van der Waals surface area (Å²) in [6, 6.07) is 8.57. The molecule has 0 bridgehead atoms. The number of aliphatic hydroxyl groups is 1. The molecule has 2 aromatic carbocycles. The van der Waals surface area contributed by atoms with Crippen molar-refractivity contribution in [2.45, 2.75) is 20.0 Å². The Morgan fingerprint density at radius 3 is 2.47 bits per heavy atom. The monoisotopic (exact) mass is 264 g/mol. The zero-order valence-corrected chi connectivity index (χ0v) is 10.7. The van der Waals surface area contributed by atoms with Crippen molar-refractivity contribution in [2.24, 2.45) is 0 Å². The van der Waals surface area contributed by atoms with Crippen LogP contribution in [0.15, 0.2) is 36.4 Å². The highest BCUT2D eigenvalue weighted by Gasteiger charge is 2.15. The molecule has 2 aromatic rings. The molecule has 0 unspecified atom stereocenters. The first-order chi connectivity index (χ1) is 8.99. The Kier molecular flexibility index (Phi) is 3.81. The van der Waals surface area contributed by atoms with Gasteiger partial charge in [-0.2, -0.15) is 0 Å². The highest BCUT2D eigenvalue weighted by atomic mass is 19.1. The van der Waals surface area contributed by atoms with E-state index in [-0.39, 0.29) is 11.5 Å². The molecule has 1 N–H and O–H groups in total. The van der Waals surface area contributed by atoms with Gasteiger partial charge in [0.2, 0.25) is 0 Å². The van der Waals surface area contributed by atoms with Crippen LogP contribution < -0.4 is 4.74 Å². The van der Waals surface area contributed by atoms with Crippen molar-refractivity contribution in [1.29, 1.82) is 0 Å². The van der Waals surface area contributed by atoms with Gasteiger partial charge in [0, 0.05) is 11.6 Å². The molecule has 0 aromatic heterocycles. The Hall–Kier alpha value is -1.94. The number of halogens is 2. The molecule has 0 aliphatic heterocycles. The molecule has 2 rings (SSSR count). The third-order valence-electron chi connectivity index (χ3n) is 2.81. The van der Waals surface area contributed by atoms with E-state index in [0.29, 0.717) is 11.1 Å². The van der Waals surface area contributed by atoms with Gasteiger partial charge in [-0.3, -0.25) is 0 Å². The molecule has 0 aliphatic rings. The Labute approximate surface area is 110 Å². The lowest BCUT2D eigenvalue weighted by Crippen LogP contribution is -1.99. The summed E-state index contributed by atoms with van der Waals surface area (Å²) in [5.41, 5.74) is 0.803. The highest BCUT2D eigenvalue weighted by molar-refractivity contribution is 5.40. The van der Waals surface area contributed by atoms with Gasteiger partial charge in [0.05, 0.1) is 6.10 Å². The van der Waals surface area contributed by atoms with Crippen LogP contribution in [0, 0.1) is 18.6 Å². The first kappa shape index (κ1) is 13.5. The third-order valence-corrected chi connectivity index (χ3v) is 2.81. The first-order valence-corrected chi connectivity index (χ1v) is 5.89. The quantitative estimate of drug-likeness (QED) is 0.903. The summed E-state index contributed by atoms with van der Waals surface area (Å²) in [4.78, 5) is 0. The number of aryl methyl sites for hydroxylation is 1. The zero-order valence-electron chi connectivity index (χ0n) is 10.7. The smallest absolute Gasteiger partial charge is 0.168 e. The van der Waals surface area contributed by atoms with E-state index in [2.05, 4.69) is 0 Å². The minimum Gasteiger partial charge on any atom is -0.454 e. The van der Waals surface area contributed by atoms with Crippen LogP contribution in [-0.2, 0) is 0 Å². The van der Waals surface area contributed by atoms with E-state index < -0.39 is 17.7 Å². The zero-order chi connectivity index (χ0) is 14.0. The van der Waals surface area contributed by atoms with Gasteiger partial charge in [-0.1, -0.05) is 18.2 Å². The third kappa shape index (κ3) is 2.90. The van der Waals surface area contributed by atoms with Crippen LogP contribution in [0.3, 0.4) is 0 Å². The first-order valence-electron chi connectivity index (χ1n) is 5.89. The van der Waals surface area contributed by atoms with E-state index in [0.717, 1.165) is 0 Å². The van der Waals surface area contributed by atoms with Gasteiger partial charge in [0.15, 0.2) is 11.6 Å². The van der Waals surface area contributed by atoms with E-state index >= 15 is 0 Å². The average molecular weight is 264 g/mol. The van der Waals surface area contributed by atoms with Gasteiger partial charge in [-0.05, 0) is 31.5 Å². The summed E-state index contributed by atoms with van der Waals surface area (Å²) in [5, 5.41) is 9.58. The minimum atomic E-state index is -0.874. The molecule has 0 aliphatic carbocycles. The largest absolute Gasteiger partial charge is 0.454 e. The Bertz CT molecular complexity index is 595. The number of rotatable bonds is 3. The van der Waals surface area contributed by atoms with Crippen molar-refractivity contribution in [3.05, 3.63) is 59.2 Å². The van der Waals surface area contributed by atoms with Gasteiger partial charge in [-0.25, -0.2) is 8.78 Å². The standard InChI is InChI=1S/C15H14F2O2/c1-9-6-7-11(8-14(9)17)19-15-12(10(2)18)4-3-5-13(15)16/h3-8,10,18H,1-2H3/t10-/m1/s1. The van der Waals surface area contributed by atoms with Gasteiger partial charge in [-0.15, -0.1) is 0 Å². The topological polar surface area (TPSA) is 29.5 Å². The number of hydrogen-bond acceptors (Lipinski definition) is 2. The molecule has 0 saturated heterocycles. The van der Waals surface area contributed by atoms with Crippen molar-refractivity contribution in [2.75, 3.05) is 0 Å². The fourth-order valence-corrected chi connectivity index (χ4v) is 1.72. The molecule has 0 spiro atoms. The number of para-hydroxylation sites is 1. The second-order valence-electron chi connectivity index (χ2n) is 4.35. The summed E-state index contributed by atoms with van der Waals surface area (Å²) in [5.74, 6) is -0.914. The van der Waals surface area contributed by atoms with Crippen molar-refractivity contribution in [3.8, 4) is 11.5 Å². The fraction of sp³-hybridized carbons (Fsp3) is 0.200. The predicted octanol–water partition coefficient (Wildman–Crippen LogP) is 4.12. The van der Waals surface area contributed by atoms with E-state index in [9.17, 15) is 13.9 Å². The Morgan fingerprint density at radius 2 is 1.84 bits per heavy atom. The average Bonchev–Trinajstić information content (AvgIpc) is 2.36. The lowest BCUT2D eigenvalue weighted by atomic mass is 10.1. The highest BCUT2D eigenvalue weighted by Crippen LogP contribution is 2.32. The number of hydrogen-bond donors (Lipinski definition) is 1. The van der Waals surface area contributed by atoms with E-state index in [4.69, 9.17) is 4.74 Å². The summed E-state index contributed by atoms with van der Waals surface area (Å²) >= 11 is 0. The van der Waals surface area contributed by atoms with Gasteiger partial charge >= 0.3 is 0 Å². The second-order valence-corrected chi connectivity index (χ2v) is 4.35. The summed E-state index contributed by atoms with van der Waals surface area (Å²) in [7, 11) is 0. The maximum atomic E-state index is 13.7. The van der Waals surface area contributed by atoms with E-state index in [1.165, 1.54) is 25.1 Å². The van der Waals surface area contributed by atoms with Crippen LogP contribution in [0.1, 0.15) is 24.2 Å². The molecule has 0 heterocycles. The molecule has 19 heavy (non-hydrogen) atoms. The lowest BCUT2D eigenvalue weighted by Gasteiger charge is -2.14. The molecular formula is C15H14F2O2. The van der Waals surface area contributed by atoms with Crippen molar-refractivity contribution in [3.63, 3.8) is 0 Å². The normalized spacial score (nSPS) is 12.3. The van der Waals surface area contributed by atoms with Crippen LogP contribution >= 0.6 is 0 Å². The van der Waals surface area contributed by atoms with Crippen molar-refractivity contribution in [1.82, 2.24) is 0 Å². The number of benzene rings is 2. The number of aliphatic hydroxyl groups excluding tert-OH is 1. The number of ether oxygens (including phenoxy) is 1. The van der Waals surface area contributed by atoms with E-state index in [1.807, 2.05) is 0 Å². The van der Waals surface area contributed by atoms with Crippen LogP contribution in [0.4, 0.5) is 8.78 Å². The minimum absolute atomic E-state index is 0.0826. The molecule has 4 heteroatoms. The van der Waals surface area contributed by atoms with Crippen molar-refractivity contribution >= 4 is 0 Å². The molecular weight excluding hydrogens is 250 g/mol. The second kappa shape index (κ2) is 5.36. The SMILES string of the molecule is Cc1ccc(Oc2c(F)cccc2[C@@H](C)O)cc1F. The molecule has 1 atom stereocenters. The maximum absolute atomic E-state index is 13.7. The van der Waals surface area contributed by atoms with Crippen LogP contribution in [-0.4, -0.2) is 5.11 Å². The fourth-order valence-electron chi connectivity index (χ4n) is 1.72. The Balaban J connectivity index is 2.40. The summed E-state index contributed by atoms with van der Waals surface area (Å²) in [6.45, 7) is 3.14. The van der Waals surface area contributed by atoms with Gasteiger partial charge in [0.25, 0.3) is 0 Å². The molecule has 100 valence electrons. The molecule has 0 radical (unpaired) electrons.